The maximum absolute atomic E-state index is 11.7. The Morgan fingerprint density at radius 3 is 2.73 bits per heavy atom. The smallest absolute Gasteiger partial charge is 0.240 e. The van der Waals surface area contributed by atoms with Crippen LogP contribution in [0.4, 0.5) is 5.69 Å². The second-order valence-electron chi connectivity index (χ2n) is 3.34. The van der Waals surface area contributed by atoms with Crippen LogP contribution in [-0.4, -0.2) is 17.3 Å². The largest absolute Gasteiger partial charge is 0.310 e. The summed E-state index contributed by atoms with van der Waals surface area (Å²) in [4.78, 5) is 13.3. The van der Waals surface area contributed by atoms with E-state index in [4.69, 9.17) is 23.2 Å². The molecule has 1 aliphatic heterocycles. The molecule has 0 spiro atoms. The molecular weight excluding hydrogens is 301 g/mol. The maximum atomic E-state index is 11.7. The van der Waals surface area contributed by atoms with Crippen molar-refractivity contribution in [3.8, 4) is 0 Å². The van der Waals surface area contributed by atoms with Crippen LogP contribution in [0.5, 0.6) is 0 Å². The zero-order valence-corrected chi connectivity index (χ0v) is 10.8. The van der Waals surface area contributed by atoms with Crippen LogP contribution < -0.4 is 4.90 Å². The van der Waals surface area contributed by atoms with Gasteiger partial charge in [0.15, 0.2) is 0 Å². The maximum Gasteiger partial charge on any atom is 0.240 e. The number of carbonyl (C=O) groups excluding carboxylic acids is 1. The summed E-state index contributed by atoms with van der Waals surface area (Å²) >= 11 is 15.2. The lowest BCUT2D eigenvalue weighted by molar-refractivity contribution is -0.116. The molecule has 1 atom stereocenters. The lowest BCUT2D eigenvalue weighted by atomic mass is 10.3. The highest BCUT2D eigenvalue weighted by molar-refractivity contribution is 9.10. The predicted molar refractivity (Wildman–Crippen MR) is 66.1 cm³/mol. The monoisotopic (exact) mass is 307 g/mol. The first-order chi connectivity index (χ1) is 7.09. The summed E-state index contributed by atoms with van der Waals surface area (Å²) in [6.07, 6.45) is 0.793. The van der Waals surface area contributed by atoms with Crippen molar-refractivity contribution >= 4 is 50.7 Å². The van der Waals surface area contributed by atoms with E-state index in [9.17, 15) is 4.79 Å². The SMILES string of the molecule is O=C1C(Br)CCN1c1cc(Cl)ccc1Cl. The predicted octanol–water partition coefficient (Wildman–Crippen LogP) is 3.49. The second kappa shape index (κ2) is 4.32. The number of alkyl halides is 1. The van der Waals surface area contributed by atoms with Crippen LogP contribution in [0.1, 0.15) is 6.42 Å². The summed E-state index contributed by atoms with van der Waals surface area (Å²) in [5, 5.41) is 1.13. The van der Waals surface area contributed by atoms with Crippen molar-refractivity contribution in [3.63, 3.8) is 0 Å². The Morgan fingerprint density at radius 2 is 2.13 bits per heavy atom. The van der Waals surface area contributed by atoms with E-state index in [-0.39, 0.29) is 10.7 Å². The fraction of sp³-hybridized carbons (Fsp3) is 0.300. The third kappa shape index (κ3) is 2.14. The molecule has 1 saturated heterocycles. The molecule has 1 heterocycles. The Bertz CT molecular complexity index is 410. The average Bonchev–Trinajstić information content (AvgIpc) is 2.52. The van der Waals surface area contributed by atoms with Crippen molar-refractivity contribution < 1.29 is 4.79 Å². The third-order valence-corrected chi connectivity index (χ3v) is 3.74. The van der Waals surface area contributed by atoms with Gasteiger partial charge in [0.1, 0.15) is 0 Å². The first-order valence-electron chi connectivity index (χ1n) is 4.50. The van der Waals surface area contributed by atoms with Gasteiger partial charge in [-0.3, -0.25) is 4.79 Å². The van der Waals surface area contributed by atoms with Gasteiger partial charge in [-0.25, -0.2) is 0 Å². The van der Waals surface area contributed by atoms with Crippen LogP contribution in [0.15, 0.2) is 18.2 Å². The Kier molecular flexibility index (Phi) is 3.24. The van der Waals surface area contributed by atoms with Crippen LogP contribution >= 0.6 is 39.1 Å². The van der Waals surface area contributed by atoms with Gasteiger partial charge in [-0.2, -0.15) is 0 Å². The minimum atomic E-state index is -0.104. The zero-order valence-electron chi connectivity index (χ0n) is 7.71. The normalized spacial score (nSPS) is 21.1. The fourth-order valence-corrected chi connectivity index (χ4v) is 2.41. The molecule has 2 nitrogen and oxygen atoms in total. The average molecular weight is 309 g/mol. The molecule has 1 unspecified atom stereocenters. The van der Waals surface area contributed by atoms with E-state index in [1.54, 1.807) is 23.1 Å². The quantitative estimate of drug-likeness (QED) is 0.727. The lowest BCUT2D eigenvalue weighted by Gasteiger charge is -2.17. The Balaban J connectivity index is 2.37. The third-order valence-electron chi connectivity index (χ3n) is 2.34. The summed E-state index contributed by atoms with van der Waals surface area (Å²) in [5.74, 6) is 0.0409. The first-order valence-corrected chi connectivity index (χ1v) is 6.17. The topological polar surface area (TPSA) is 20.3 Å². The standard InChI is InChI=1S/C10H8BrCl2NO/c11-7-3-4-14(10(7)15)9-5-6(12)1-2-8(9)13/h1-2,5,7H,3-4H2. The zero-order chi connectivity index (χ0) is 11.0. The molecule has 0 bridgehead atoms. The van der Waals surface area contributed by atoms with Gasteiger partial charge in [0.25, 0.3) is 0 Å². The van der Waals surface area contributed by atoms with Gasteiger partial charge in [0.2, 0.25) is 5.91 Å². The van der Waals surface area contributed by atoms with Crippen LogP contribution in [0, 0.1) is 0 Å². The van der Waals surface area contributed by atoms with E-state index < -0.39 is 0 Å². The van der Waals surface area contributed by atoms with Gasteiger partial charge in [-0.15, -0.1) is 0 Å². The van der Waals surface area contributed by atoms with Crippen LogP contribution in [-0.2, 0) is 4.79 Å². The molecule has 15 heavy (non-hydrogen) atoms. The number of benzene rings is 1. The molecule has 0 saturated carbocycles. The van der Waals surface area contributed by atoms with Gasteiger partial charge in [-0.05, 0) is 24.6 Å². The van der Waals surface area contributed by atoms with Crippen LogP contribution in [0.3, 0.4) is 0 Å². The summed E-state index contributed by atoms with van der Waals surface area (Å²) in [6.45, 7) is 0.675. The van der Waals surface area contributed by atoms with E-state index in [1.165, 1.54) is 0 Å². The van der Waals surface area contributed by atoms with Gasteiger partial charge in [0, 0.05) is 11.6 Å². The lowest BCUT2D eigenvalue weighted by Crippen LogP contribution is -2.27. The highest BCUT2D eigenvalue weighted by Gasteiger charge is 2.31. The van der Waals surface area contributed by atoms with Gasteiger partial charge in [0.05, 0.1) is 15.5 Å². The van der Waals surface area contributed by atoms with Crippen molar-refractivity contribution in [3.05, 3.63) is 28.2 Å². The molecule has 1 fully saturated rings. The van der Waals surface area contributed by atoms with E-state index >= 15 is 0 Å². The highest BCUT2D eigenvalue weighted by Crippen LogP contribution is 2.33. The minimum Gasteiger partial charge on any atom is -0.310 e. The number of hydrogen-bond acceptors (Lipinski definition) is 1. The number of amides is 1. The molecule has 1 amide bonds. The molecule has 2 rings (SSSR count). The van der Waals surface area contributed by atoms with Gasteiger partial charge >= 0.3 is 0 Å². The summed E-state index contributed by atoms with van der Waals surface area (Å²) in [7, 11) is 0. The van der Waals surface area contributed by atoms with Crippen LogP contribution in [0.2, 0.25) is 10.0 Å². The molecule has 1 aromatic rings. The Morgan fingerprint density at radius 1 is 1.40 bits per heavy atom. The summed E-state index contributed by atoms with van der Waals surface area (Å²) in [6, 6.07) is 5.13. The van der Waals surface area contributed by atoms with Crippen LogP contribution in [0.25, 0.3) is 0 Å². The Hall–Kier alpha value is -0.250. The first kappa shape index (κ1) is 11.2. The number of rotatable bonds is 1. The number of nitrogens with zero attached hydrogens (tertiary/aromatic N) is 1. The van der Waals surface area contributed by atoms with Gasteiger partial charge < -0.3 is 4.90 Å². The van der Waals surface area contributed by atoms with Gasteiger partial charge in [-0.1, -0.05) is 39.1 Å². The molecule has 1 aromatic carbocycles. The number of hydrogen-bond donors (Lipinski definition) is 0. The van der Waals surface area contributed by atoms with E-state index in [1.807, 2.05) is 0 Å². The van der Waals surface area contributed by atoms with E-state index in [2.05, 4.69) is 15.9 Å². The number of carbonyl (C=O) groups is 1. The Labute approximate surface area is 106 Å². The molecule has 80 valence electrons. The second-order valence-corrected chi connectivity index (χ2v) is 5.29. The van der Waals surface area contributed by atoms with Crippen molar-refractivity contribution in [1.29, 1.82) is 0 Å². The molecular formula is C10H8BrCl2NO. The summed E-state index contributed by atoms with van der Waals surface area (Å²) < 4.78 is 0. The molecule has 1 aliphatic rings. The molecule has 0 aliphatic carbocycles. The molecule has 0 N–H and O–H groups in total. The molecule has 5 heteroatoms. The molecule has 0 aromatic heterocycles. The minimum absolute atomic E-state index is 0.0409. The fourth-order valence-electron chi connectivity index (χ4n) is 1.58. The number of anilines is 1. The number of halogens is 3. The molecule has 0 radical (unpaired) electrons. The van der Waals surface area contributed by atoms with Crippen molar-refractivity contribution in [2.24, 2.45) is 0 Å². The van der Waals surface area contributed by atoms with E-state index in [0.717, 1.165) is 6.42 Å². The van der Waals surface area contributed by atoms with E-state index in [0.29, 0.717) is 22.3 Å². The summed E-state index contributed by atoms with van der Waals surface area (Å²) in [5.41, 5.74) is 0.691. The van der Waals surface area contributed by atoms with Crippen molar-refractivity contribution in [2.45, 2.75) is 11.2 Å². The van der Waals surface area contributed by atoms with Crippen molar-refractivity contribution in [1.82, 2.24) is 0 Å². The van der Waals surface area contributed by atoms with Crippen molar-refractivity contribution in [2.75, 3.05) is 11.4 Å². The highest BCUT2D eigenvalue weighted by atomic mass is 79.9.